The SMILES string of the molecule is CN(Cc1ccc(F)cc1)c1cc(Br)ccc1[N+](=O)[O-]. The number of rotatable bonds is 4. The van der Waals surface area contributed by atoms with Crippen molar-refractivity contribution >= 4 is 27.3 Å². The van der Waals surface area contributed by atoms with E-state index in [1.165, 1.54) is 18.2 Å². The van der Waals surface area contributed by atoms with Crippen molar-refractivity contribution in [1.29, 1.82) is 0 Å². The molecule has 0 unspecified atom stereocenters. The molecule has 0 heterocycles. The third-order valence-corrected chi connectivity index (χ3v) is 3.37. The van der Waals surface area contributed by atoms with Crippen molar-refractivity contribution in [3.63, 3.8) is 0 Å². The fourth-order valence-corrected chi connectivity index (χ4v) is 2.25. The molecular formula is C14H12BrFN2O2. The molecule has 0 N–H and O–H groups in total. The molecule has 0 aliphatic carbocycles. The molecule has 0 spiro atoms. The lowest BCUT2D eigenvalue weighted by molar-refractivity contribution is -0.384. The van der Waals surface area contributed by atoms with E-state index in [1.54, 1.807) is 36.2 Å². The normalized spacial score (nSPS) is 10.3. The molecule has 0 atom stereocenters. The van der Waals surface area contributed by atoms with E-state index < -0.39 is 4.92 Å². The Morgan fingerprint density at radius 1 is 1.25 bits per heavy atom. The third kappa shape index (κ3) is 3.33. The largest absolute Gasteiger partial charge is 0.365 e. The van der Waals surface area contributed by atoms with Gasteiger partial charge in [-0.3, -0.25) is 10.1 Å². The van der Waals surface area contributed by atoms with E-state index in [1.807, 2.05) is 0 Å². The van der Waals surface area contributed by atoms with Crippen LogP contribution in [0.1, 0.15) is 5.56 Å². The Morgan fingerprint density at radius 2 is 1.90 bits per heavy atom. The van der Waals surface area contributed by atoms with Crippen molar-refractivity contribution in [2.75, 3.05) is 11.9 Å². The lowest BCUT2D eigenvalue weighted by Crippen LogP contribution is -2.17. The Labute approximate surface area is 124 Å². The molecule has 0 bridgehead atoms. The van der Waals surface area contributed by atoms with Gasteiger partial charge in [0.05, 0.1) is 4.92 Å². The summed E-state index contributed by atoms with van der Waals surface area (Å²) in [5.74, 6) is -0.301. The number of nitro groups is 1. The summed E-state index contributed by atoms with van der Waals surface area (Å²) in [6.45, 7) is 0.456. The van der Waals surface area contributed by atoms with Gasteiger partial charge in [-0.05, 0) is 29.8 Å². The van der Waals surface area contributed by atoms with E-state index in [0.717, 1.165) is 10.0 Å². The first-order chi connectivity index (χ1) is 9.47. The predicted molar refractivity (Wildman–Crippen MR) is 79.3 cm³/mol. The van der Waals surface area contributed by atoms with Crippen molar-refractivity contribution in [2.45, 2.75) is 6.54 Å². The van der Waals surface area contributed by atoms with Gasteiger partial charge in [-0.25, -0.2) is 4.39 Å². The van der Waals surface area contributed by atoms with Crippen LogP contribution < -0.4 is 4.90 Å². The van der Waals surface area contributed by atoms with Gasteiger partial charge in [0, 0.05) is 24.1 Å². The maximum absolute atomic E-state index is 12.9. The summed E-state index contributed by atoms with van der Waals surface area (Å²) >= 11 is 3.31. The van der Waals surface area contributed by atoms with Gasteiger partial charge in [0.1, 0.15) is 11.5 Å². The van der Waals surface area contributed by atoms with Crippen molar-refractivity contribution in [3.05, 3.63) is 68.4 Å². The first-order valence-corrected chi connectivity index (χ1v) is 6.66. The second kappa shape index (κ2) is 6.00. The van der Waals surface area contributed by atoms with Crippen LogP contribution in [-0.2, 0) is 6.54 Å². The summed E-state index contributed by atoms with van der Waals surface area (Å²) < 4.78 is 13.6. The van der Waals surface area contributed by atoms with Crippen LogP contribution in [0.2, 0.25) is 0 Å². The van der Waals surface area contributed by atoms with Gasteiger partial charge in [0.25, 0.3) is 5.69 Å². The highest BCUT2D eigenvalue weighted by atomic mass is 79.9. The molecular weight excluding hydrogens is 327 g/mol. The molecule has 4 nitrogen and oxygen atoms in total. The van der Waals surface area contributed by atoms with Crippen LogP contribution >= 0.6 is 15.9 Å². The third-order valence-electron chi connectivity index (χ3n) is 2.88. The van der Waals surface area contributed by atoms with Crippen molar-refractivity contribution in [2.24, 2.45) is 0 Å². The second-order valence-electron chi connectivity index (χ2n) is 4.37. The number of nitrogens with zero attached hydrogens (tertiary/aromatic N) is 2. The van der Waals surface area contributed by atoms with E-state index >= 15 is 0 Å². The molecule has 0 fully saturated rings. The Hall–Kier alpha value is -1.95. The van der Waals surface area contributed by atoms with Crippen LogP contribution in [0, 0.1) is 15.9 Å². The highest BCUT2D eigenvalue weighted by molar-refractivity contribution is 9.10. The number of hydrogen-bond donors (Lipinski definition) is 0. The zero-order valence-corrected chi connectivity index (χ0v) is 12.3. The minimum absolute atomic E-state index is 0.0396. The number of halogens is 2. The molecule has 2 rings (SSSR count). The van der Waals surface area contributed by atoms with Crippen molar-refractivity contribution in [1.82, 2.24) is 0 Å². The summed E-state index contributed by atoms with van der Waals surface area (Å²) in [6.07, 6.45) is 0. The predicted octanol–water partition coefficient (Wildman–Crippen LogP) is 4.13. The average molecular weight is 339 g/mol. The molecule has 2 aromatic rings. The smallest absolute Gasteiger partial charge is 0.292 e. The number of nitro benzene ring substituents is 1. The summed E-state index contributed by atoms with van der Waals surface area (Å²) in [7, 11) is 1.76. The lowest BCUT2D eigenvalue weighted by Gasteiger charge is -2.19. The highest BCUT2D eigenvalue weighted by Crippen LogP contribution is 2.31. The Morgan fingerprint density at radius 3 is 2.50 bits per heavy atom. The summed E-state index contributed by atoms with van der Waals surface area (Å²) in [4.78, 5) is 12.4. The number of benzene rings is 2. The molecule has 0 saturated carbocycles. The molecule has 0 saturated heterocycles. The van der Waals surface area contributed by atoms with Gasteiger partial charge >= 0.3 is 0 Å². The van der Waals surface area contributed by atoms with E-state index in [2.05, 4.69) is 15.9 Å². The summed E-state index contributed by atoms with van der Waals surface area (Å²) in [6, 6.07) is 10.9. The van der Waals surface area contributed by atoms with Gasteiger partial charge < -0.3 is 4.90 Å². The van der Waals surface area contributed by atoms with Crippen molar-refractivity contribution < 1.29 is 9.31 Å². The molecule has 0 aromatic heterocycles. The van der Waals surface area contributed by atoms with Gasteiger partial charge in [-0.2, -0.15) is 0 Å². The van der Waals surface area contributed by atoms with E-state index in [9.17, 15) is 14.5 Å². The fraction of sp³-hybridized carbons (Fsp3) is 0.143. The van der Waals surface area contributed by atoms with Crippen LogP contribution in [0.15, 0.2) is 46.9 Å². The lowest BCUT2D eigenvalue weighted by atomic mass is 10.2. The van der Waals surface area contributed by atoms with Crippen LogP contribution in [-0.4, -0.2) is 12.0 Å². The van der Waals surface area contributed by atoms with Gasteiger partial charge in [0.2, 0.25) is 0 Å². The standard InChI is InChI=1S/C14H12BrFN2O2/c1-17(9-10-2-5-12(16)6-3-10)14-8-11(15)4-7-13(14)18(19)20/h2-8H,9H2,1H3. The zero-order chi connectivity index (χ0) is 14.7. The van der Waals surface area contributed by atoms with Crippen molar-refractivity contribution in [3.8, 4) is 0 Å². The second-order valence-corrected chi connectivity index (χ2v) is 5.29. The molecule has 20 heavy (non-hydrogen) atoms. The molecule has 0 aliphatic heterocycles. The number of hydrogen-bond acceptors (Lipinski definition) is 3. The maximum atomic E-state index is 12.9. The minimum atomic E-state index is -0.414. The first-order valence-electron chi connectivity index (χ1n) is 5.87. The van der Waals surface area contributed by atoms with Crippen LogP contribution in [0.4, 0.5) is 15.8 Å². The van der Waals surface area contributed by atoms with Gasteiger partial charge in [-0.1, -0.05) is 28.1 Å². The summed E-state index contributed by atoms with van der Waals surface area (Å²) in [5.41, 5.74) is 1.43. The summed E-state index contributed by atoms with van der Waals surface area (Å²) in [5, 5.41) is 11.0. The molecule has 2 aromatic carbocycles. The maximum Gasteiger partial charge on any atom is 0.292 e. The number of anilines is 1. The van der Waals surface area contributed by atoms with Gasteiger partial charge in [0.15, 0.2) is 0 Å². The zero-order valence-electron chi connectivity index (χ0n) is 10.7. The molecule has 0 radical (unpaired) electrons. The quantitative estimate of drug-likeness (QED) is 0.621. The van der Waals surface area contributed by atoms with Crippen LogP contribution in [0.25, 0.3) is 0 Å². The van der Waals surface area contributed by atoms with Crippen LogP contribution in [0.5, 0.6) is 0 Å². The van der Waals surface area contributed by atoms with E-state index in [0.29, 0.717) is 12.2 Å². The monoisotopic (exact) mass is 338 g/mol. The molecule has 0 aliphatic rings. The van der Waals surface area contributed by atoms with E-state index in [-0.39, 0.29) is 11.5 Å². The average Bonchev–Trinajstić information content (AvgIpc) is 2.41. The fourth-order valence-electron chi connectivity index (χ4n) is 1.91. The minimum Gasteiger partial charge on any atom is -0.365 e. The highest BCUT2D eigenvalue weighted by Gasteiger charge is 2.17. The van der Waals surface area contributed by atoms with Crippen LogP contribution in [0.3, 0.4) is 0 Å². The molecule has 0 amide bonds. The van der Waals surface area contributed by atoms with E-state index in [4.69, 9.17) is 0 Å². The first kappa shape index (κ1) is 14.5. The Kier molecular flexibility index (Phi) is 4.34. The Bertz CT molecular complexity index is 632. The Balaban J connectivity index is 2.28. The van der Waals surface area contributed by atoms with Gasteiger partial charge in [-0.15, -0.1) is 0 Å². The molecule has 104 valence electrons. The topological polar surface area (TPSA) is 46.4 Å². The molecule has 6 heteroatoms.